The van der Waals surface area contributed by atoms with Crippen molar-refractivity contribution in [2.45, 2.75) is 51.7 Å². The van der Waals surface area contributed by atoms with Crippen molar-refractivity contribution in [3.63, 3.8) is 0 Å². The van der Waals surface area contributed by atoms with E-state index in [2.05, 4.69) is 29.4 Å². The first kappa shape index (κ1) is 15.3. The lowest BCUT2D eigenvalue weighted by Crippen LogP contribution is -2.39. The number of aliphatic hydroxyl groups is 1. The fourth-order valence-corrected chi connectivity index (χ4v) is 2.64. The molecule has 0 atom stereocenters. The molecule has 1 heterocycles. The zero-order valence-corrected chi connectivity index (χ0v) is 12.7. The predicted octanol–water partition coefficient (Wildman–Crippen LogP) is 1.56. The van der Waals surface area contributed by atoms with Gasteiger partial charge in [-0.1, -0.05) is 31.8 Å². The first-order valence-electron chi connectivity index (χ1n) is 7.45. The summed E-state index contributed by atoms with van der Waals surface area (Å²) in [5.41, 5.74) is -0.598. The Hall–Kier alpha value is -1.14. The summed E-state index contributed by atoms with van der Waals surface area (Å²) in [6.07, 6.45) is 3.90. The van der Waals surface area contributed by atoms with Crippen LogP contribution in [-0.4, -0.2) is 41.0 Å². The van der Waals surface area contributed by atoms with Gasteiger partial charge in [0.05, 0.1) is 18.7 Å². The molecule has 0 amide bonds. The fourth-order valence-electron chi connectivity index (χ4n) is 2.64. The first-order valence-corrected chi connectivity index (χ1v) is 7.45. The van der Waals surface area contributed by atoms with Crippen LogP contribution in [0.25, 0.3) is 0 Å². The maximum atomic E-state index is 10.4. The largest absolute Gasteiger partial charge is 0.407 e. The topological polar surface area (TPSA) is 74.4 Å². The minimum atomic E-state index is -0.598. The van der Waals surface area contributed by atoms with Crippen LogP contribution < -0.4 is 10.2 Å². The molecular weight excluding hydrogens is 256 g/mol. The third kappa shape index (κ3) is 4.18. The molecule has 6 heteroatoms. The Labute approximate surface area is 120 Å². The van der Waals surface area contributed by atoms with Crippen LogP contribution in [0.1, 0.15) is 45.4 Å². The summed E-state index contributed by atoms with van der Waals surface area (Å²) in [6, 6.07) is 0.478. The summed E-state index contributed by atoms with van der Waals surface area (Å²) in [6.45, 7) is 6.37. The maximum absolute atomic E-state index is 10.4. The summed E-state index contributed by atoms with van der Waals surface area (Å²) < 4.78 is 5.61. The molecule has 114 valence electrons. The Kier molecular flexibility index (Phi) is 4.99. The Balaban J connectivity index is 1.84. The summed E-state index contributed by atoms with van der Waals surface area (Å²) >= 11 is 0. The van der Waals surface area contributed by atoms with E-state index in [-0.39, 0.29) is 0 Å². The van der Waals surface area contributed by atoms with Crippen LogP contribution in [0.2, 0.25) is 0 Å². The minimum absolute atomic E-state index is 0.478. The molecule has 0 spiro atoms. The molecule has 0 aliphatic heterocycles. The quantitative estimate of drug-likeness (QED) is 0.790. The van der Waals surface area contributed by atoms with Crippen LogP contribution >= 0.6 is 0 Å². The SMILES string of the molecule is CC(C)CNCc1nnc(N(C)CC2(O)CCCC2)o1. The number of rotatable bonds is 7. The molecule has 1 saturated carbocycles. The first-order chi connectivity index (χ1) is 9.48. The molecular formula is C14H26N4O2. The molecule has 20 heavy (non-hydrogen) atoms. The maximum Gasteiger partial charge on any atom is 0.318 e. The van der Waals surface area contributed by atoms with Gasteiger partial charge in [-0.15, -0.1) is 5.10 Å². The van der Waals surface area contributed by atoms with Crippen LogP contribution in [0.3, 0.4) is 0 Å². The van der Waals surface area contributed by atoms with E-state index in [0.29, 0.717) is 30.9 Å². The van der Waals surface area contributed by atoms with Gasteiger partial charge in [0.15, 0.2) is 0 Å². The van der Waals surface area contributed by atoms with Gasteiger partial charge >= 0.3 is 6.01 Å². The van der Waals surface area contributed by atoms with Gasteiger partial charge in [-0.2, -0.15) is 0 Å². The lowest BCUT2D eigenvalue weighted by molar-refractivity contribution is 0.0549. The average molecular weight is 282 g/mol. The molecule has 1 aliphatic carbocycles. The van der Waals surface area contributed by atoms with E-state index in [1.807, 2.05) is 11.9 Å². The Morgan fingerprint density at radius 1 is 1.35 bits per heavy atom. The van der Waals surface area contributed by atoms with Crippen molar-refractivity contribution < 1.29 is 9.52 Å². The Morgan fingerprint density at radius 2 is 2.05 bits per heavy atom. The lowest BCUT2D eigenvalue weighted by atomic mass is 10.0. The summed E-state index contributed by atoms with van der Waals surface area (Å²) in [7, 11) is 1.88. The van der Waals surface area contributed by atoms with Gasteiger partial charge in [0, 0.05) is 7.05 Å². The zero-order chi connectivity index (χ0) is 14.6. The number of likely N-dealkylation sites (N-methyl/N-ethyl adjacent to an activating group) is 1. The number of nitrogens with zero attached hydrogens (tertiary/aromatic N) is 3. The van der Waals surface area contributed by atoms with Crippen molar-refractivity contribution in [2.24, 2.45) is 5.92 Å². The number of hydrogen-bond donors (Lipinski definition) is 2. The lowest BCUT2D eigenvalue weighted by Gasteiger charge is -2.27. The highest BCUT2D eigenvalue weighted by molar-refractivity contribution is 5.23. The molecule has 0 bridgehead atoms. The van der Waals surface area contributed by atoms with Crippen molar-refractivity contribution in [1.82, 2.24) is 15.5 Å². The van der Waals surface area contributed by atoms with E-state index in [4.69, 9.17) is 4.42 Å². The molecule has 1 fully saturated rings. The molecule has 0 saturated heterocycles. The van der Waals surface area contributed by atoms with Crippen LogP contribution in [-0.2, 0) is 6.54 Å². The fraction of sp³-hybridized carbons (Fsp3) is 0.857. The highest BCUT2D eigenvalue weighted by atomic mass is 16.4. The van der Waals surface area contributed by atoms with Crippen molar-refractivity contribution in [3.05, 3.63) is 5.89 Å². The monoisotopic (exact) mass is 282 g/mol. The van der Waals surface area contributed by atoms with Gasteiger partial charge in [-0.25, -0.2) is 0 Å². The van der Waals surface area contributed by atoms with Gasteiger partial charge < -0.3 is 19.7 Å². The number of anilines is 1. The summed E-state index contributed by atoms with van der Waals surface area (Å²) in [4.78, 5) is 1.85. The minimum Gasteiger partial charge on any atom is -0.407 e. The predicted molar refractivity (Wildman–Crippen MR) is 77.5 cm³/mol. The second-order valence-corrected chi connectivity index (χ2v) is 6.29. The van der Waals surface area contributed by atoms with Crippen LogP contribution in [0.5, 0.6) is 0 Å². The van der Waals surface area contributed by atoms with E-state index in [9.17, 15) is 5.11 Å². The number of hydrogen-bond acceptors (Lipinski definition) is 6. The Morgan fingerprint density at radius 3 is 2.70 bits per heavy atom. The van der Waals surface area contributed by atoms with Crippen molar-refractivity contribution in [2.75, 3.05) is 25.0 Å². The molecule has 1 aromatic heterocycles. The smallest absolute Gasteiger partial charge is 0.318 e. The molecule has 0 aromatic carbocycles. The number of nitrogens with one attached hydrogen (secondary N) is 1. The molecule has 1 aromatic rings. The van der Waals surface area contributed by atoms with E-state index in [0.717, 1.165) is 32.2 Å². The number of aromatic nitrogens is 2. The highest BCUT2D eigenvalue weighted by Gasteiger charge is 2.33. The molecule has 0 radical (unpaired) electrons. The summed E-state index contributed by atoms with van der Waals surface area (Å²) in [5, 5.41) is 21.7. The molecule has 6 nitrogen and oxygen atoms in total. The van der Waals surface area contributed by atoms with Crippen molar-refractivity contribution in [3.8, 4) is 0 Å². The van der Waals surface area contributed by atoms with Crippen molar-refractivity contribution >= 4 is 6.01 Å². The van der Waals surface area contributed by atoms with Gasteiger partial charge in [0.2, 0.25) is 5.89 Å². The normalized spacial score (nSPS) is 17.9. The van der Waals surface area contributed by atoms with Gasteiger partial charge in [0.1, 0.15) is 0 Å². The third-order valence-electron chi connectivity index (χ3n) is 3.68. The van der Waals surface area contributed by atoms with Gasteiger partial charge in [0.25, 0.3) is 0 Å². The third-order valence-corrected chi connectivity index (χ3v) is 3.68. The molecule has 0 unspecified atom stereocenters. The molecule has 2 N–H and O–H groups in total. The standard InChI is InChI=1S/C14H26N4O2/c1-11(2)8-15-9-12-16-17-13(20-12)18(3)10-14(19)6-4-5-7-14/h11,15,19H,4-10H2,1-3H3. The van der Waals surface area contributed by atoms with Crippen LogP contribution in [0.15, 0.2) is 4.42 Å². The second kappa shape index (κ2) is 6.54. The van der Waals surface area contributed by atoms with E-state index in [1.165, 1.54) is 0 Å². The summed E-state index contributed by atoms with van der Waals surface area (Å²) in [5.74, 6) is 1.18. The van der Waals surface area contributed by atoms with Crippen LogP contribution in [0, 0.1) is 5.92 Å². The highest BCUT2D eigenvalue weighted by Crippen LogP contribution is 2.30. The molecule has 2 rings (SSSR count). The van der Waals surface area contributed by atoms with E-state index >= 15 is 0 Å². The van der Waals surface area contributed by atoms with Gasteiger partial charge in [-0.05, 0) is 25.3 Å². The van der Waals surface area contributed by atoms with Gasteiger partial charge in [-0.3, -0.25) is 0 Å². The Bertz CT molecular complexity index is 413. The van der Waals surface area contributed by atoms with Crippen molar-refractivity contribution in [1.29, 1.82) is 0 Å². The average Bonchev–Trinajstić information content (AvgIpc) is 2.98. The molecule has 1 aliphatic rings. The second-order valence-electron chi connectivity index (χ2n) is 6.29. The van der Waals surface area contributed by atoms with E-state index in [1.54, 1.807) is 0 Å². The van der Waals surface area contributed by atoms with E-state index < -0.39 is 5.60 Å². The van der Waals surface area contributed by atoms with Crippen LogP contribution in [0.4, 0.5) is 6.01 Å². The zero-order valence-electron chi connectivity index (χ0n) is 12.7.